The average Bonchev–Trinajstić information content (AvgIpc) is 3.68. The van der Waals surface area contributed by atoms with E-state index in [1.54, 1.807) is 12.0 Å². The second-order valence-electron chi connectivity index (χ2n) is 13.4. The van der Waals surface area contributed by atoms with Gasteiger partial charge in [0.2, 0.25) is 5.91 Å². The summed E-state index contributed by atoms with van der Waals surface area (Å²) in [6, 6.07) is 12.8. The molecule has 5 aliphatic rings. The van der Waals surface area contributed by atoms with Gasteiger partial charge in [0, 0.05) is 62.2 Å². The SMILES string of the molecule is COc1cc(C(=O)N2C[C@H]3CC[C@@H]2C[C@@H]3N)cc2nc(-c3cc4cccc(C5CN(C(=O)CO)C5)c4n3CC3CC3)n(C)c12. The zero-order chi connectivity index (χ0) is 30.3. The first-order valence-corrected chi connectivity index (χ1v) is 16.0. The Kier molecular flexibility index (Phi) is 6.50. The number of aryl methyl sites for hydroxylation is 1. The van der Waals surface area contributed by atoms with Crippen LogP contribution in [0.15, 0.2) is 36.4 Å². The molecular formula is C34H40N6O4. The molecule has 5 heterocycles. The van der Waals surface area contributed by atoms with Crippen LogP contribution in [-0.2, 0) is 18.4 Å². The first-order valence-electron chi connectivity index (χ1n) is 16.0. The predicted octanol–water partition coefficient (Wildman–Crippen LogP) is 3.48. The minimum absolute atomic E-state index is 0.0284. The summed E-state index contributed by atoms with van der Waals surface area (Å²) in [6.07, 6.45) is 5.41. The quantitative estimate of drug-likeness (QED) is 0.337. The Labute approximate surface area is 256 Å². The number of amides is 2. The molecule has 9 rings (SSSR count). The maximum Gasteiger partial charge on any atom is 0.254 e. The van der Waals surface area contributed by atoms with Gasteiger partial charge in [0.1, 0.15) is 17.9 Å². The van der Waals surface area contributed by atoms with Crippen LogP contribution in [0.25, 0.3) is 33.5 Å². The number of likely N-dealkylation sites (tertiary alicyclic amines) is 1. The number of aromatic nitrogens is 3. The molecule has 10 nitrogen and oxygen atoms in total. The number of nitrogens with two attached hydrogens (primary N) is 1. The van der Waals surface area contributed by atoms with Gasteiger partial charge in [0.05, 0.1) is 23.8 Å². The van der Waals surface area contributed by atoms with Crippen molar-refractivity contribution in [3.8, 4) is 17.3 Å². The fourth-order valence-corrected chi connectivity index (χ4v) is 7.99. The number of carbonyl (C=O) groups is 2. The monoisotopic (exact) mass is 596 g/mol. The Balaban J connectivity index is 1.21. The summed E-state index contributed by atoms with van der Waals surface area (Å²) in [6.45, 7) is 2.41. The minimum atomic E-state index is -0.448. The van der Waals surface area contributed by atoms with E-state index in [9.17, 15) is 14.7 Å². The maximum atomic E-state index is 13.8. The third-order valence-corrected chi connectivity index (χ3v) is 10.7. The predicted molar refractivity (Wildman–Crippen MR) is 167 cm³/mol. The van der Waals surface area contributed by atoms with Crippen LogP contribution in [0, 0.1) is 11.8 Å². The second kappa shape index (κ2) is 10.3. The molecule has 2 bridgehead atoms. The standard InChI is InChI=1S/C34H40N6O4/c1-37-32-27(10-22(12-29(32)44-2)34(43)39-17-21-8-9-24(39)13-26(21)35)36-33(37)28-11-20-4-3-5-25(23-15-38(16-23)30(42)18-41)31(20)40(28)14-19-6-7-19/h3-5,10-12,19,21,23-24,26,41H,6-9,13-18,35H2,1-2H3/t21-,24-,26+/m1/s1. The second-order valence-corrected chi connectivity index (χ2v) is 13.4. The van der Waals surface area contributed by atoms with Gasteiger partial charge in [-0.1, -0.05) is 18.2 Å². The smallest absolute Gasteiger partial charge is 0.254 e. The van der Waals surface area contributed by atoms with Gasteiger partial charge in [-0.25, -0.2) is 4.98 Å². The molecule has 3 saturated heterocycles. The van der Waals surface area contributed by atoms with Crippen LogP contribution >= 0.6 is 0 Å². The summed E-state index contributed by atoms with van der Waals surface area (Å²) in [5.41, 5.74) is 12.0. The highest BCUT2D eigenvalue weighted by Crippen LogP contribution is 2.42. The zero-order valence-electron chi connectivity index (χ0n) is 25.4. The molecule has 0 spiro atoms. The van der Waals surface area contributed by atoms with E-state index in [0.717, 1.165) is 60.3 Å². The fourth-order valence-electron chi connectivity index (χ4n) is 7.99. The summed E-state index contributed by atoms with van der Waals surface area (Å²) in [5.74, 6) is 2.51. The highest BCUT2D eigenvalue weighted by Gasteiger charge is 2.41. The lowest BCUT2D eigenvalue weighted by Crippen LogP contribution is -2.58. The molecular weight excluding hydrogens is 556 g/mol. The Morgan fingerprint density at radius 3 is 2.57 bits per heavy atom. The Morgan fingerprint density at radius 1 is 1.07 bits per heavy atom. The number of imidazole rings is 1. The van der Waals surface area contributed by atoms with Crippen LogP contribution in [0.1, 0.15) is 53.9 Å². The average molecular weight is 597 g/mol. The van der Waals surface area contributed by atoms with Crippen molar-refractivity contribution in [2.75, 3.05) is 33.4 Å². The van der Waals surface area contributed by atoms with E-state index in [1.807, 2.05) is 24.1 Å². The number of para-hydroxylation sites is 1. The van der Waals surface area contributed by atoms with Crippen LogP contribution < -0.4 is 10.5 Å². The van der Waals surface area contributed by atoms with E-state index in [2.05, 4.69) is 33.4 Å². The van der Waals surface area contributed by atoms with E-state index in [1.165, 1.54) is 23.9 Å². The third kappa shape index (κ3) is 4.33. The summed E-state index contributed by atoms with van der Waals surface area (Å²) >= 11 is 0. The number of hydrogen-bond acceptors (Lipinski definition) is 6. The van der Waals surface area contributed by atoms with Crippen LogP contribution in [0.5, 0.6) is 5.75 Å². The fraction of sp³-hybridized carbons (Fsp3) is 0.500. The molecule has 2 aliphatic carbocycles. The number of rotatable bonds is 7. The molecule has 2 amide bonds. The van der Waals surface area contributed by atoms with Crippen molar-refractivity contribution in [2.45, 2.75) is 56.7 Å². The number of hydrogen-bond donors (Lipinski definition) is 2. The summed E-state index contributed by atoms with van der Waals surface area (Å²) in [4.78, 5) is 34.8. The first kappa shape index (κ1) is 27.6. The van der Waals surface area contributed by atoms with Crippen molar-refractivity contribution >= 4 is 33.8 Å². The normalized spacial score (nSPS) is 23.5. The lowest BCUT2D eigenvalue weighted by molar-refractivity contribution is -0.138. The summed E-state index contributed by atoms with van der Waals surface area (Å²) < 4.78 is 10.4. The maximum absolute atomic E-state index is 13.8. The highest BCUT2D eigenvalue weighted by molar-refractivity contribution is 6.00. The van der Waals surface area contributed by atoms with Crippen molar-refractivity contribution in [2.24, 2.45) is 24.6 Å². The highest BCUT2D eigenvalue weighted by atomic mass is 16.5. The molecule has 5 fully saturated rings. The van der Waals surface area contributed by atoms with Crippen molar-refractivity contribution in [1.82, 2.24) is 23.9 Å². The largest absolute Gasteiger partial charge is 0.494 e. The number of carbonyl (C=O) groups excluding carboxylic acids is 2. The van der Waals surface area contributed by atoms with Gasteiger partial charge in [0.25, 0.3) is 5.91 Å². The lowest BCUT2D eigenvalue weighted by Gasteiger charge is -2.48. The molecule has 3 aliphatic heterocycles. The van der Waals surface area contributed by atoms with E-state index >= 15 is 0 Å². The topological polar surface area (TPSA) is 119 Å². The first-order chi connectivity index (χ1) is 21.3. The summed E-state index contributed by atoms with van der Waals surface area (Å²) in [7, 11) is 3.67. The molecule has 44 heavy (non-hydrogen) atoms. The van der Waals surface area contributed by atoms with Crippen LogP contribution in [0.2, 0.25) is 0 Å². The number of benzene rings is 2. The van der Waals surface area contributed by atoms with Crippen LogP contribution in [0.4, 0.5) is 0 Å². The molecule has 2 aromatic carbocycles. The number of fused-ring (bicyclic) bond motifs is 5. The molecule has 0 radical (unpaired) electrons. The van der Waals surface area contributed by atoms with Crippen molar-refractivity contribution in [1.29, 1.82) is 0 Å². The molecule has 2 saturated carbocycles. The molecule has 230 valence electrons. The van der Waals surface area contributed by atoms with Gasteiger partial charge in [-0.15, -0.1) is 0 Å². The number of piperidine rings is 2. The molecule has 2 aromatic heterocycles. The minimum Gasteiger partial charge on any atom is -0.494 e. The van der Waals surface area contributed by atoms with Crippen molar-refractivity contribution in [3.63, 3.8) is 0 Å². The number of nitrogens with zero attached hydrogens (tertiary/aromatic N) is 5. The van der Waals surface area contributed by atoms with Crippen molar-refractivity contribution < 1.29 is 19.4 Å². The third-order valence-electron chi connectivity index (χ3n) is 10.7. The number of ether oxygens (including phenoxy) is 1. The van der Waals surface area contributed by atoms with Gasteiger partial charge < -0.3 is 34.5 Å². The van der Waals surface area contributed by atoms with E-state index < -0.39 is 6.61 Å². The van der Waals surface area contributed by atoms with Gasteiger partial charge in [-0.2, -0.15) is 0 Å². The van der Waals surface area contributed by atoms with Crippen molar-refractivity contribution in [3.05, 3.63) is 47.5 Å². The molecule has 10 heteroatoms. The number of aliphatic hydroxyl groups excluding tert-OH is 1. The number of aliphatic hydroxyl groups is 1. The molecule has 4 aromatic rings. The van der Waals surface area contributed by atoms with E-state index in [0.29, 0.717) is 36.2 Å². The molecule has 3 atom stereocenters. The van der Waals surface area contributed by atoms with Crippen LogP contribution in [-0.4, -0.2) is 86.3 Å². The van der Waals surface area contributed by atoms with E-state index in [4.69, 9.17) is 15.5 Å². The summed E-state index contributed by atoms with van der Waals surface area (Å²) in [5, 5.41) is 10.5. The Hall–Kier alpha value is -3.89. The molecule has 0 unspecified atom stereocenters. The Morgan fingerprint density at radius 2 is 1.89 bits per heavy atom. The van der Waals surface area contributed by atoms with Gasteiger partial charge >= 0.3 is 0 Å². The van der Waals surface area contributed by atoms with Gasteiger partial charge in [0.15, 0.2) is 5.82 Å². The molecule has 3 N–H and O–H groups in total. The zero-order valence-corrected chi connectivity index (χ0v) is 25.4. The van der Waals surface area contributed by atoms with Gasteiger partial charge in [-0.05, 0) is 67.7 Å². The van der Waals surface area contributed by atoms with Crippen LogP contribution in [0.3, 0.4) is 0 Å². The van der Waals surface area contributed by atoms with E-state index in [-0.39, 0.29) is 29.8 Å². The van der Waals surface area contributed by atoms with Gasteiger partial charge in [-0.3, -0.25) is 9.59 Å². The lowest BCUT2D eigenvalue weighted by atomic mass is 9.76. The Bertz CT molecular complexity index is 1800. The number of methoxy groups -OCH3 is 1.